The molecule has 5 nitrogen and oxygen atoms in total. The van der Waals surface area contributed by atoms with Crippen molar-refractivity contribution < 1.29 is 8.83 Å². The molecule has 0 saturated carbocycles. The van der Waals surface area contributed by atoms with Crippen LogP contribution in [0.5, 0.6) is 0 Å². The SMILES string of the molecule is c1ccc(-c2ccc(N(c3ccc(-c4ccc5ccc(-c6ccccc6)cc5c4)cc3)c3ccc4c(c3)oc3ccccc34)cc2)cc1.c1ccc(-c2ccc(N(c3ccc(-c4ccc5ccc(-c6ccccc6)cc5c4)cc3)c3ccc4c(c3)sc3ccccc34)cc2)cc1.c1ccc(-c2ccc3ccc(-c4ccc(N(c5ccc(-c6cccc7ccccc67)cc5)c5ccc6c(c5)oc5ccccc56)cc4)cc3c2)cc1. The topological polar surface area (TPSA) is 36.0 Å². The van der Waals surface area contributed by atoms with Gasteiger partial charge in [0.1, 0.15) is 22.3 Å². The summed E-state index contributed by atoms with van der Waals surface area (Å²) in [6.07, 6.45) is 0. The second kappa shape index (κ2) is 39.2. The van der Waals surface area contributed by atoms with Crippen molar-refractivity contribution in [2.45, 2.75) is 0 Å². The van der Waals surface area contributed by atoms with E-state index in [1.165, 1.54) is 163 Å². The number of nitrogens with zero attached hydrogens (tertiary/aromatic N) is 3. The first-order chi connectivity index (χ1) is 73.3. The molecule has 0 aliphatic heterocycles. The lowest BCUT2D eigenvalue weighted by atomic mass is 9.97. The fourth-order valence-electron chi connectivity index (χ4n) is 21.2. The second-order valence-electron chi connectivity index (χ2n) is 37.8. The molecule has 0 atom stereocenters. The first kappa shape index (κ1) is 88.9. The lowest BCUT2D eigenvalue weighted by molar-refractivity contribution is 0.668. The molecule has 0 unspecified atom stereocenters. The van der Waals surface area contributed by atoms with E-state index in [4.69, 9.17) is 8.83 Å². The maximum Gasteiger partial charge on any atom is 0.137 e. The van der Waals surface area contributed by atoms with Crippen molar-refractivity contribution in [3.05, 3.63) is 576 Å². The Morgan fingerprint density at radius 3 is 0.709 bits per heavy atom. The van der Waals surface area contributed by atoms with E-state index < -0.39 is 0 Å². The molecule has 0 spiro atoms. The van der Waals surface area contributed by atoms with Gasteiger partial charge in [-0.25, -0.2) is 0 Å². The van der Waals surface area contributed by atoms with Crippen molar-refractivity contribution in [2.24, 2.45) is 0 Å². The van der Waals surface area contributed by atoms with Crippen LogP contribution in [-0.4, -0.2) is 0 Å². The number of furan rings is 2. The summed E-state index contributed by atoms with van der Waals surface area (Å²) in [6.45, 7) is 0. The normalized spacial score (nSPS) is 11.4. The monoisotopic (exact) mass is 1910 g/mol. The van der Waals surface area contributed by atoms with Gasteiger partial charge in [0.25, 0.3) is 0 Å². The minimum absolute atomic E-state index is 0.874. The van der Waals surface area contributed by atoms with Gasteiger partial charge in [0.05, 0.1) is 0 Å². The third-order valence-corrected chi connectivity index (χ3v) is 29.9. The summed E-state index contributed by atoms with van der Waals surface area (Å²) >= 11 is 1.86. The number of thiophene rings is 1. The van der Waals surface area contributed by atoms with Gasteiger partial charge in [-0.3, -0.25) is 0 Å². The molecule has 3 heterocycles. The number of hydrogen-bond acceptors (Lipinski definition) is 6. The van der Waals surface area contributed by atoms with E-state index in [2.05, 4.69) is 567 Å². The van der Waals surface area contributed by atoms with Crippen LogP contribution in [0.3, 0.4) is 0 Å². The Kier molecular flexibility index (Phi) is 23.6. The molecule has 0 amide bonds. The summed E-state index contributed by atoms with van der Waals surface area (Å²) in [5.74, 6) is 0. The molecule has 0 saturated heterocycles. The Labute approximate surface area is 863 Å². The summed E-state index contributed by atoms with van der Waals surface area (Å²) in [5, 5.41) is 17.1. The van der Waals surface area contributed by atoms with Crippen LogP contribution >= 0.6 is 11.3 Å². The van der Waals surface area contributed by atoms with Crippen LogP contribution in [0.15, 0.2) is 585 Å². The smallest absolute Gasteiger partial charge is 0.137 e. The number of hydrogen-bond donors (Lipinski definition) is 0. The van der Waals surface area contributed by atoms with Crippen molar-refractivity contribution >= 4 is 170 Å². The maximum atomic E-state index is 6.35. The Bertz CT molecular complexity index is 9370. The highest BCUT2D eigenvalue weighted by atomic mass is 32.1. The lowest BCUT2D eigenvalue weighted by Gasteiger charge is -2.26. The van der Waals surface area contributed by atoms with E-state index in [-0.39, 0.29) is 0 Å². The van der Waals surface area contributed by atoms with Crippen LogP contribution in [-0.2, 0) is 0 Å². The van der Waals surface area contributed by atoms with E-state index in [0.717, 1.165) is 95.1 Å². The summed E-state index contributed by atoms with van der Waals surface area (Å²) in [7, 11) is 0. The quantitative estimate of drug-likeness (QED) is 0.0856. The molecule has 6 heteroatoms. The molecule has 0 bridgehead atoms. The van der Waals surface area contributed by atoms with Gasteiger partial charge in [0.2, 0.25) is 0 Å². The van der Waals surface area contributed by atoms with E-state index in [1.54, 1.807) is 0 Å². The van der Waals surface area contributed by atoms with Crippen LogP contribution < -0.4 is 14.7 Å². The van der Waals surface area contributed by atoms with Crippen LogP contribution in [0, 0.1) is 0 Å². The maximum absolute atomic E-state index is 6.35. The van der Waals surface area contributed by atoms with Crippen molar-refractivity contribution in [1.29, 1.82) is 0 Å². The Morgan fingerprint density at radius 1 is 0.122 bits per heavy atom. The molecule has 148 heavy (non-hydrogen) atoms. The fraction of sp³-hybridized carbons (Fsp3) is 0. The van der Waals surface area contributed by atoms with Crippen LogP contribution in [0.2, 0.25) is 0 Å². The molecule has 3 aromatic heterocycles. The minimum atomic E-state index is 0.874. The van der Waals surface area contributed by atoms with Crippen LogP contribution in [0.1, 0.15) is 0 Å². The standard InChI is InChI=1S/C50H33NO.C46H31NO.C46H31NS/c1-2-9-34(10-3-1)39-19-17-36-18-20-40(32-41(36)31-39)35-21-25-42(26-22-35)51(44-29-30-48-47-14-6-7-16-49(47)52-50(48)33-44)43-27-23-38(24-28-43)46-15-8-12-37-11-4-5-13-45(37)46;2*1-3-9-32(10-4-1)34-19-23-40(24-20-34)47(42-27-28-44-43-13-7-8-14-45(43)48-46(44)31-42)41-25-21-35(22-26-41)38-18-16-36-15-17-37(29-39(36)30-38)33-11-5-2-6-12-33/h1-33H;2*1-31H. The number of anilines is 9. The molecule has 28 rings (SSSR count). The largest absolute Gasteiger partial charge is 0.456 e. The Morgan fingerprint density at radius 2 is 0.358 bits per heavy atom. The van der Waals surface area contributed by atoms with Crippen molar-refractivity contribution in [3.63, 3.8) is 0 Å². The zero-order valence-corrected chi connectivity index (χ0v) is 81.7. The summed E-state index contributed by atoms with van der Waals surface area (Å²) < 4.78 is 15.3. The highest BCUT2D eigenvalue weighted by Crippen LogP contribution is 2.48. The molecule has 0 fully saturated rings. The Hall–Kier alpha value is -19.2. The van der Waals surface area contributed by atoms with E-state index in [1.807, 2.05) is 35.6 Å². The number of benzene rings is 25. The summed E-state index contributed by atoms with van der Waals surface area (Å²) in [5.41, 5.74) is 35.1. The number of rotatable bonds is 18. The third kappa shape index (κ3) is 17.8. The van der Waals surface area contributed by atoms with Gasteiger partial charge in [-0.2, -0.15) is 0 Å². The molecular formula is C142H95N3O2S. The highest BCUT2D eigenvalue weighted by molar-refractivity contribution is 7.25. The molecule has 696 valence electrons. The van der Waals surface area contributed by atoms with Gasteiger partial charge in [-0.05, 0) is 307 Å². The molecule has 28 aromatic rings. The van der Waals surface area contributed by atoms with Gasteiger partial charge >= 0.3 is 0 Å². The minimum Gasteiger partial charge on any atom is -0.456 e. The van der Waals surface area contributed by atoms with Gasteiger partial charge < -0.3 is 23.5 Å². The summed E-state index contributed by atoms with van der Waals surface area (Å²) in [6, 6.07) is 207. The predicted molar refractivity (Wildman–Crippen MR) is 630 cm³/mol. The van der Waals surface area contributed by atoms with Crippen LogP contribution in [0.4, 0.5) is 51.2 Å². The van der Waals surface area contributed by atoms with Gasteiger partial charge in [-0.15, -0.1) is 11.3 Å². The van der Waals surface area contributed by atoms with E-state index >= 15 is 0 Å². The average Bonchev–Trinajstić information content (AvgIpc) is 1.58. The molecule has 0 aliphatic carbocycles. The van der Waals surface area contributed by atoms with E-state index in [0.29, 0.717) is 0 Å². The first-order valence-corrected chi connectivity index (χ1v) is 51.2. The molecule has 0 aliphatic rings. The van der Waals surface area contributed by atoms with E-state index in [9.17, 15) is 0 Å². The second-order valence-corrected chi connectivity index (χ2v) is 38.9. The number of fused-ring (bicyclic) bond motifs is 13. The average molecular weight is 1910 g/mol. The molecule has 0 radical (unpaired) electrons. The lowest BCUT2D eigenvalue weighted by Crippen LogP contribution is -2.09. The Balaban J connectivity index is 0.000000112. The predicted octanol–water partition coefficient (Wildman–Crippen LogP) is 41.3. The molecular weight excluding hydrogens is 1810 g/mol. The summed E-state index contributed by atoms with van der Waals surface area (Å²) in [4.78, 5) is 6.99. The zero-order chi connectivity index (χ0) is 98.2. The van der Waals surface area contributed by atoms with Gasteiger partial charge in [0, 0.05) is 105 Å². The molecule has 0 N–H and O–H groups in total. The van der Waals surface area contributed by atoms with Crippen molar-refractivity contribution in [3.8, 4) is 100 Å². The fourth-order valence-corrected chi connectivity index (χ4v) is 22.3. The third-order valence-electron chi connectivity index (χ3n) is 28.8. The number of para-hydroxylation sites is 2. The first-order valence-electron chi connectivity index (χ1n) is 50.4. The highest BCUT2D eigenvalue weighted by Gasteiger charge is 2.23. The van der Waals surface area contributed by atoms with Crippen LogP contribution in [0.25, 0.3) is 207 Å². The molecule has 25 aromatic carbocycles. The van der Waals surface area contributed by atoms with Gasteiger partial charge in [-0.1, -0.05) is 400 Å². The van der Waals surface area contributed by atoms with Crippen molar-refractivity contribution in [2.75, 3.05) is 14.7 Å². The van der Waals surface area contributed by atoms with Crippen molar-refractivity contribution in [1.82, 2.24) is 0 Å². The van der Waals surface area contributed by atoms with Gasteiger partial charge in [0.15, 0.2) is 0 Å². The zero-order valence-electron chi connectivity index (χ0n) is 80.9.